The third kappa shape index (κ3) is 1.04. The highest BCUT2D eigenvalue weighted by Crippen LogP contribution is 2.34. The minimum atomic E-state index is -0.844. The first-order chi connectivity index (χ1) is 4.25. The zero-order valence-electron chi connectivity index (χ0n) is 5.01. The molecule has 0 bridgehead atoms. The summed E-state index contributed by atoms with van der Waals surface area (Å²) in [6.45, 7) is -0.475. The maximum absolute atomic E-state index is 11.8. The van der Waals surface area contributed by atoms with Crippen molar-refractivity contribution in [2.24, 2.45) is 11.8 Å². The van der Waals surface area contributed by atoms with Crippen molar-refractivity contribution in [2.45, 2.75) is 12.8 Å². The maximum Gasteiger partial charge on any atom is 0.306 e. The zero-order valence-corrected chi connectivity index (χ0v) is 5.01. The Labute approximate surface area is 52.7 Å². The minimum absolute atomic E-state index is 0.192. The first kappa shape index (κ1) is 6.52. The molecule has 2 atom stereocenters. The van der Waals surface area contributed by atoms with E-state index < -0.39 is 18.6 Å². The van der Waals surface area contributed by atoms with Gasteiger partial charge in [0.15, 0.2) is 0 Å². The first-order valence-corrected chi connectivity index (χ1v) is 3.04. The van der Waals surface area contributed by atoms with Gasteiger partial charge in [-0.3, -0.25) is 9.18 Å². The van der Waals surface area contributed by atoms with Gasteiger partial charge >= 0.3 is 5.97 Å². The predicted octanol–water partition coefficient (Wildman–Crippen LogP) is 1.07. The molecule has 3 heteroatoms. The lowest BCUT2D eigenvalue weighted by atomic mass is 9.74. The van der Waals surface area contributed by atoms with Crippen molar-refractivity contribution >= 4 is 5.97 Å². The van der Waals surface area contributed by atoms with Gasteiger partial charge in [0.25, 0.3) is 0 Å². The van der Waals surface area contributed by atoms with Gasteiger partial charge in [0.2, 0.25) is 0 Å². The molecule has 1 rings (SSSR count). The van der Waals surface area contributed by atoms with Crippen LogP contribution in [0, 0.1) is 11.8 Å². The lowest BCUT2D eigenvalue weighted by molar-refractivity contribution is -0.148. The van der Waals surface area contributed by atoms with Gasteiger partial charge in [-0.2, -0.15) is 0 Å². The highest BCUT2D eigenvalue weighted by molar-refractivity contribution is 5.71. The SMILES string of the molecule is O=C(O)[C@H]1CC[C@@H]1CF. The molecule has 0 aromatic rings. The van der Waals surface area contributed by atoms with Gasteiger partial charge in [-0.1, -0.05) is 0 Å². The summed E-state index contributed by atoms with van der Waals surface area (Å²) in [6, 6.07) is 0. The van der Waals surface area contributed by atoms with Crippen LogP contribution in [0.25, 0.3) is 0 Å². The molecule has 1 aliphatic rings. The summed E-state index contributed by atoms with van der Waals surface area (Å²) in [4.78, 5) is 10.2. The molecule has 0 radical (unpaired) electrons. The van der Waals surface area contributed by atoms with E-state index in [0.717, 1.165) is 6.42 Å². The van der Waals surface area contributed by atoms with E-state index in [1.807, 2.05) is 0 Å². The number of halogens is 1. The van der Waals surface area contributed by atoms with Crippen LogP contribution in [-0.2, 0) is 4.79 Å². The second-order valence-electron chi connectivity index (χ2n) is 2.44. The largest absolute Gasteiger partial charge is 0.481 e. The van der Waals surface area contributed by atoms with Crippen molar-refractivity contribution in [3.05, 3.63) is 0 Å². The Bertz CT molecular complexity index is 122. The van der Waals surface area contributed by atoms with E-state index in [9.17, 15) is 9.18 Å². The van der Waals surface area contributed by atoms with Crippen LogP contribution in [0.4, 0.5) is 4.39 Å². The van der Waals surface area contributed by atoms with Crippen molar-refractivity contribution in [2.75, 3.05) is 6.67 Å². The summed E-state index contributed by atoms with van der Waals surface area (Å²) in [5, 5.41) is 8.37. The molecule has 0 aliphatic heterocycles. The Morgan fingerprint density at radius 3 is 2.44 bits per heavy atom. The highest BCUT2D eigenvalue weighted by atomic mass is 19.1. The maximum atomic E-state index is 11.8. The Balaban J connectivity index is 2.35. The molecule has 9 heavy (non-hydrogen) atoms. The Kier molecular flexibility index (Phi) is 1.69. The van der Waals surface area contributed by atoms with Crippen LogP contribution in [0.15, 0.2) is 0 Å². The van der Waals surface area contributed by atoms with Crippen molar-refractivity contribution in [3.63, 3.8) is 0 Å². The number of hydrogen-bond donors (Lipinski definition) is 1. The highest BCUT2D eigenvalue weighted by Gasteiger charge is 2.36. The minimum Gasteiger partial charge on any atom is -0.481 e. The summed E-state index contributed by atoms with van der Waals surface area (Å²) < 4.78 is 11.8. The standard InChI is InChI=1S/C6H9FO2/c7-3-4-1-2-5(4)6(8)9/h4-5H,1-3H2,(H,8,9)/t4-,5+/m1/s1. The zero-order chi connectivity index (χ0) is 6.85. The van der Waals surface area contributed by atoms with Gasteiger partial charge in [-0.15, -0.1) is 0 Å². The lowest BCUT2D eigenvalue weighted by Gasteiger charge is -2.30. The summed E-state index contributed by atoms with van der Waals surface area (Å²) in [6.07, 6.45) is 1.40. The van der Waals surface area contributed by atoms with Gasteiger partial charge in [-0.05, 0) is 12.8 Å². The van der Waals surface area contributed by atoms with Crippen molar-refractivity contribution < 1.29 is 14.3 Å². The van der Waals surface area contributed by atoms with E-state index >= 15 is 0 Å². The molecule has 1 N–H and O–H groups in total. The van der Waals surface area contributed by atoms with Crippen LogP contribution in [0.3, 0.4) is 0 Å². The van der Waals surface area contributed by atoms with E-state index in [1.54, 1.807) is 0 Å². The van der Waals surface area contributed by atoms with Crippen LogP contribution in [0.2, 0.25) is 0 Å². The molecule has 1 saturated carbocycles. The molecule has 0 saturated heterocycles. The van der Waals surface area contributed by atoms with E-state index in [0.29, 0.717) is 6.42 Å². The van der Waals surface area contributed by atoms with Crippen LogP contribution in [0.1, 0.15) is 12.8 Å². The smallest absolute Gasteiger partial charge is 0.306 e. The Morgan fingerprint density at radius 2 is 2.33 bits per heavy atom. The monoisotopic (exact) mass is 132 g/mol. The molecule has 52 valence electrons. The number of carboxylic acid groups (broad SMARTS) is 1. The fourth-order valence-corrected chi connectivity index (χ4v) is 1.08. The molecule has 0 amide bonds. The third-order valence-corrected chi connectivity index (χ3v) is 1.93. The summed E-state index contributed by atoms with van der Waals surface area (Å²) >= 11 is 0. The molecular formula is C6H9FO2. The predicted molar refractivity (Wildman–Crippen MR) is 29.8 cm³/mol. The number of carbonyl (C=O) groups is 1. The normalized spacial score (nSPS) is 33.4. The number of alkyl halides is 1. The number of aliphatic carboxylic acids is 1. The van der Waals surface area contributed by atoms with E-state index in [4.69, 9.17) is 5.11 Å². The molecule has 0 spiro atoms. The van der Waals surface area contributed by atoms with Crippen LogP contribution < -0.4 is 0 Å². The number of carboxylic acids is 1. The van der Waals surface area contributed by atoms with Gasteiger partial charge in [-0.25, -0.2) is 0 Å². The Morgan fingerprint density at radius 1 is 1.67 bits per heavy atom. The summed E-state index contributed by atoms with van der Waals surface area (Å²) in [5.74, 6) is -1.43. The van der Waals surface area contributed by atoms with Crippen molar-refractivity contribution in [3.8, 4) is 0 Å². The third-order valence-electron chi connectivity index (χ3n) is 1.93. The average Bonchev–Trinajstić information content (AvgIpc) is 1.61. The van der Waals surface area contributed by atoms with Crippen LogP contribution >= 0.6 is 0 Å². The van der Waals surface area contributed by atoms with Gasteiger partial charge in [0.05, 0.1) is 12.6 Å². The molecule has 0 aromatic carbocycles. The van der Waals surface area contributed by atoms with Gasteiger partial charge in [0.1, 0.15) is 0 Å². The van der Waals surface area contributed by atoms with Crippen LogP contribution in [-0.4, -0.2) is 17.8 Å². The van der Waals surface area contributed by atoms with Gasteiger partial charge in [0, 0.05) is 5.92 Å². The van der Waals surface area contributed by atoms with Crippen LogP contribution in [0.5, 0.6) is 0 Å². The lowest BCUT2D eigenvalue weighted by Crippen LogP contribution is -2.33. The second kappa shape index (κ2) is 2.33. The van der Waals surface area contributed by atoms with E-state index in [1.165, 1.54) is 0 Å². The van der Waals surface area contributed by atoms with Crippen molar-refractivity contribution in [1.82, 2.24) is 0 Å². The summed E-state index contributed by atoms with van der Waals surface area (Å²) in [5.41, 5.74) is 0. The topological polar surface area (TPSA) is 37.3 Å². The van der Waals surface area contributed by atoms with Crippen molar-refractivity contribution in [1.29, 1.82) is 0 Å². The number of rotatable bonds is 2. The summed E-state index contributed by atoms with van der Waals surface area (Å²) in [7, 11) is 0. The second-order valence-corrected chi connectivity index (χ2v) is 2.44. The fraction of sp³-hybridized carbons (Fsp3) is 0.833. The number of hydrogen-bond acceptors (Lipinski definition) is 1. The van der Waals surface area contributed by atoms with E-state index in [-0.39, 0.29) is 5.92 Å². The molecule has 0 heterocycles. The first-order valence-electron chi connectivity index (χ1n) is 3.04. The quantitative estimate of drug-likeness (QED) is 0.610. The molecule has 1 fully saturated rings. The average molecular weight is 132 g/mol. The molecule has 0 unspecified atom stereocenters. The van der Waals surface area contributed by atoms with Gasteiger partial charge < -0.3 is 5.11 Å². The Hall–Kier alpha value is -0.600. The molecule has 0 aromatic heterocycles. The molecule has 1 aliphatic carbocycles. The fourth-order valence-electron chi connectivity index (χ4n) is 1.08. The molecule has 2 nitrogen and oxygen atoms in total. The molecular weight excluding hydrogens is 123 g/mol. The van der Waals surface area contributed by atoms with E-state index in [2.05, 4.69) is 0 Å².